The fourth-order valence-corrected chi connectivity index (χ4v) is 2.33. The monoisotopic (exact) mass is 345 g/mol. The van der Waals surface area contributed by atoms with Gasteiger partial charge in [-0.1, -0.05) is 6.08 Å². The third kappa shape index (κ3) is 4.21. The van der Waals surface area contributed by atoms with Crippen molar-refractivity contribution in [1.29, 1.82) is 0 Å². The number of imidazole rings is 1. The number of anilines is 1. The molecule has 0 aliphatic rings. The standard InChI is InChI=1S/C16H19N5O4/c1-4-5-12(17-2)15-18-9-13(20-15)11-7-6-10(19-16(22)25-3)8-14(11)21(23)24/h4,6-9,12,17H,1,5H2,2-3H3,(H,18,20)(H,19,22)/t12-/m0/s1. The average molecular weight is 345 g/mol. The van der Waals surface area contributed by atoms with Crippen molar-refractivity contribution in [3.05, 3.63) is 53.0 Å². The molecule has 9 nitrogen and oxygen atoms in total. The van der Waals surface area contributed by atoms with Gasteiger partial charge in [0.2, 0.25) is 0 Å². The van der Waals surface area contributed by atoms with Crippen molar-refractivity contribution in [2.75, 3.05) is 19.5 Å². The molecule has 0 aliphatic heterocycles. The lowest BCUT2D eigenvalue weighted by Gasteiger charge is -2.10. The van der Waals surface area contributed by atoms with E-state index >= 15 is 0 Å². The quantitative estimate of drug-likeness (QED) is 0.403. The zero-order valence-electron chi connectivity index (χ0n) is 13.9. The van der Waals surface area contributed by atoms with Gasteiger partial charge in [0, 0.05) is 12.3 Å². The summed E-state index contributed by atoms with van der Waals surface area (Å²) in [6, 6.07) is 4.28. The number of nitrogens with one attached hydrogen (secondary N) is 3. The lowest BCUT2D eigenvalue weighted by Crippen LogP contribution is -2.16. The zero-order chi connectivity index (χ0) is 18.4. The molecule has 3 N–H and O–H groups in total. The van der Waals surface area contributed by atoms with Gasteiger partial charge < -0.3 is 15.0 Å². The van der Waals surface area contributed by atoms with Gasteiger partial charge in [-0.25, -0.2) is 9.78 Å². The number of methoxy groups -OCH3 is 1. The first-order valence-electron chi connectivity index (χ1n) is 7.47. The summed E-state index contributed by atoms with van der Waals surface area (Å²) >= 11 is 0. The van der Waals surface area contributed by atoms with E-state index in [-0.39, 0.29) is 17.4 Å². The SMILES string of the molecule is C=CC[C@H](NC)c1nc(-c2ccc(NC(=O)OC)cc2[N+](=O)[O-])c[nH]1. The largest absolute Gasteiger partial charge is 0.453 e. The van der Waals surface area contributed by atoms with E-state index in [0.29, 0.717) is 23.5 Å². The number of aromatic nitrogens is 2. The zero-order valence-corrected chi connectivity index (χ0v) is 13.9. The number of ether oxygens (including phenoxy) is 1. The second kappa shape index (κ2) is 8.06. The number of rotatable bonds is 7. The van der Waals surface area contributed by atoms with Gasteiger partial charge in [-0.2, -0.15) is 0 Å². The van der Waals surface area contributed by atoms with E-state index in [4.69, 9.17) is 0 Å². The van der Waals surface area contributed by atoms with E-state index in [9.17, 15) is 14.9 Å². The highest BCUT2D eigenvalue weighted by atomic mass is 16.6. The van der Waals surface area contributed by atoms with Crippen LogP contribution in [0.25, 0.3) is 11.3 Å². The summed E-state index contributed by atoms with van der Waals surface area (Å²) in [5.74, 6) is 0.656. The summed E-state index contributed by atoms with van der Waals surface area (Å²) < 4.78 is 4.48. The molecule has 2 rings (SSSR count). The van der Waals surface area contributed by atoms with Gasteiger partial charge in [-0.3, -0.25) is 15.4 Å². The molecular weight excluding hydrogens is 326 g/mol. The normalized spacial score (nSPS) is 11.6. The highest BCUT2D eigenvalue weighted by Gasteiger charge is 2.20. The van der Waals surface area contributed by atoms with E-state index in [1.807, 2.05) is 0 Å². The molecule has 0 fully saturated rings. The molecule has 132 valence electrons. The number of hydrogen-bond donors (Lipinski definition) is 3. The molecule has 1 amide bonds. The van der Waals surface area contributed by atoms with Crippen molar-refractivity contribution >= 4 is 17.5 Å². The Morgan fingerprint density at radius 2 is 2.32 bits per heavy atom. The number of nitro groups is 1. The van der Waals surface area contributed by atoms with Crippen LogP contribution in [0.2, 0.25) is 0 Å². The van der Waals surface area contributed by atoms with Gasteiger partial charge >= 0.3 is 6.09 Å². The number of H-pyrrole nitrogens is 1. The maximum atomic E-state index is 11.4. The second-order valence-electron chi connectivity index (χ2n) is 5.14. The van der Waals surface area contributed by atoms with Crippen molar-refractivity contribution in [3.8, 4) is 11.3 Å². The highest BCUT2D eigenvalue weighted by molar-refractivity contribution is 5.86. The Hall–Kier alpha value is -3.20. The number of carbonyl (C=O) groups is 1. The predicted molar refractivity (Wildman–Crippen MR) is 93.3 cm³/mol. The molecule has 0 aliphatic carbocycles. The van der Waals surface area contributed by atoms with Crippen LogP contribution in [0.3, 0.4) is 0 Å². The Kier molecular flexibility index (Phi) is 5.85. The Bertz CT molecular complexity index is 787. The molecule has 0 unspecified atom stereocenters. The van der Waals surface area contributed by atoms with Crippen LogP contribution in [0.15, 0.2) is 37.1 Å². The van der Waals surface area contributed by atoms with Crippen LogP contribution in [0.4, 0.5) is 16.2 Å². The van der Waals surface area contributed by atoms with E-state index in [0.717, 1.165) is 0 Å². The predicted octanol–water partition coefficient (Wildman–Crippen LogP) is 3.00. The summed E-state index contributed by atoms with van der Waals surface area (Å²) in [6.45, 7) is 3.70. The summed E-state index contributed by atoms with van der Waals surface area (Å²) in [7, 11) is 3.01. The van der Waals surface area contributed by atoms with Gasteiger partial charge in [-0.05, 0) is 25.6 Å². The fraction of sp³-hybridized carbons (Fsp3) is 0.250. The Labute approximate surface area is 144 Å². The first kappa shape index (κ1) is 18.1. The summed E-state index contributed by atoms with van der Waals surface area (Å²) in [4.78, 5) is 29.6. The maximum Gasteiger partial charge on any atom is 0.411 e. The summed E-state index contributed by atoms with van der Waals surface area (Å²) in [6.07, 6.45) is 3.33. The Morgan fingerprint density at radius 1 is 1.56 bits per heavy atom. The Morgan fingerprint density at radius 3 is 2.92 bits per heavy atom. The van der Waals surface area contributed by atoms with Crippen LogP contribution in [0.5, 0.6) is 0 Å². The van der Waals surface area contributed by atoms with Crippen molar-refractivity contribution in [3.63, 3.8) is 0 Å². The minimum Gasteiger partial charge on any atom is -0.453 e. The van der Waals surface area contributed by atoms with Gasteiger partial charge in [-0.15, -0.1) is 6.58 Å². The molecule has 1 atom stereocenters. The van der Waals surface area contributed by atoms with Crippen LogP contribution in [-0.2, 0) is 4.74 Å². The minimum absolute atomic E-state index is 0.0643. The van der Waals surface area contributed by atoms with Gasteiger partial charge in [0.15, 0.2) is 0 Å². The van der Waals surface area contributed by atoms with Crippen LogP contribution < -0.4 is 10.6 Å². The molecule has 0 spiro atoms. The molecule has 9 heteroatoms. The molecule has 2 aromatic rings. The Balaban J connectivity index is 2.38. The molecule has 0 radical (unpaired) electrons. The molecule has 25 heavy (non-hydrogen) atoms. The third-order valence-electron chi connectivity index (χ3n) is 3.58. The fourth-order valence-electron chi connectivity index (χ4n) is 2.33. The number of nitro benzene ring substituents is 1. The topological polar surface area (TPSA) is 122 Å². The van der Waals surface area contributed by atoms with Crippen molar-refractivity contribution < 1.29 is 14.5 Å². The number of benzene rings is 1. The van der Waals surface area contributed by atoms with Gasteiger partial charge in [0.25, 0.3) is 5.69 Å². The molecule has 0 saturated heterocycles. The molecule has 1 heterocycles. The highest BCUT2D eigenvalue weighted by Crippen LogP contribution is 2.32. The number of hydrogen-bond acceptors (Lipinski definition) is 6. The minimum atomic E-state index is -0.703. The number of aromatic amines is 1. The molecule has 1 aromatic heterocycles. The average Bonchev–Trinajstić information content (AvgIpc) is 3.09. The van der Waals surface area contributed by atoms with Crippen molar-refractivity contribution in [2.24, 2.45) is 0 Å². The van der Waals surface area contributed by atoms with E-state index in [1.165, 1.54) is 19.2 Å². The second-order valence-corrected chi connectivity index (χ2v) is 5.14. The number of nitrogens with zero attached hydrogens (tertiary/aromatic N) is 2. The molecular formula is C16H19N5O4. The third-order valence-corrected chi connectivity index (χ3v) is 3.58. The number of amides is 1. The molecule has 0 bridgehead atoms. The van der Waals surface area contributed by atoms with E-state index < -0.39 is 11.0 Å². The summed E-state index contributed by atoms with van der Waals surface area (Å²) in [5, 5.41) is 16.9. The van der Waals surface area contributed by atoms with Crippen LogP contribution in [0.1, 0.15) is 18.3 Å². The van der Waals surface area contributed by atoms with Crippen molar-refractivity contribution in [1.82, 2.24) is 15.3 Å². The first-order chi connectivity index (χ1) is 12.0. The van der Waals surface area contributed by atoms with Crippen LogP contribution >= 0.6 is 0 Å². The molecule has 1 aromatic carbocycles. The summed E-state index contributed by atoms with van der Waals surface area (Å²) in [5.41, 5.74) is 0.876. The van der Waals surface area contributed by atoms with Crippen molar-refractivity contribution in [2.45, 2.75) is 12.5 Å². The lowest BCUT2D eigenvalue weighted by molar-refractivity contribution is -0.384. The number of carbonyl (C=O) groups excluding carboxylic acids is 1. The first-order valence-corrected chi connectivity index (χ1v) is 7.47. The maximum absolute atomic E-state index is 11.4. The van der Waals surface area contributed by atoms with Gasteiger partial charge in [0.05, 0.1) is 35.0 Å². The van der Waals surface area contributed by atoms with Gasteiger partial charge in [0.1, 0.15) is 5.82 Å². The van der Waals surface area contributed by atoms with E-state index in [2.05, 4.69) is 31.9 Å². The van der Waals surface area contributed by atoms with Crippen LogP contribution in [0, 0.1) is 10.1 Å². The van der Waals surface area contributed by atoms with Crippen LogP contribution in [-0.4, -0.2) is 35.1 Å². The lowest BCUT2D eigenvalue weighted by atomic mass is 10.1. The van der Waals surface area contributed by atoms with E-state index in [1.54, 1.807) is 25.4 Å². The smallest absolute Gasteiger partial charge is 0.411 e. The molecule has 0 saturated carbocycles.